The summed E-state index contributed by atoms with van der Waals surface area (Å²) in [5.41, 5.74) is 0.173. The summed E-state index contributed by atoms with van der Waals surface area (Å²) in [4.78, 5) is 10.4. The minimum absolute atomic E-state index is 0.134. The number of rotatable bonds is 4. The van der Waals surface area contributed by atoms with Gasteiger partial charge >= 0.3 is 5.97 Å². The largest absolute Gasteiger partial charge is 0.481 e. The fourth-order valence-corrected chi connectivity index (χ4v) is 1.59. The molecular weight excluding hydrogens is 261 g/mol. The molecule has 0 aliphatic rings. The lowest BCUT2D eigenvalue weighted by Gasteiger charge is -2.14. The van der Waals surface area contributed by atoms with Crippen molar-refractivity contribution >= 4 is 29.2 Å². The van der Waals surface area contributed by atoms with Crippen LogP contribution in [-0.4, -0.2) is 17.5 Å². The first-order valence-corrected chi connectivity index (χ1v) is 5.12. The SMILES string of the molecule is O=C(O)CC(c1ccc(Cl)c(Cl)c1)C(F)F. The summed E-state index contributed by atoms with van der Waals surface area (Å²) >= 11 is 11.3. The zero-order chi connectivity index (χ0) is 12.3. The lowest BCUT2D eigenvalue weighted by atomic mass is 9.96. The number of aliphatic carboxylic acids is 1. The molecule has 1 unspecified atom stereocenters. The van der Waals surface area contributed by atoms with Crippen LogP contribution in [0.25, 0.3) is 0 Å². The molecule has 6 heteroatoms. The fourth-order valence-electron chi connectivity index (χ4n) is 1.28. The van der Waals surface area contributed by atoms with Crippen LogP contribution in [0.5, 0.6) is 0 Å². The average molecular weight is 269 g/mol. The smallest absolute Gasteiger partial charge is 0.304 e. The molecule has 1 N–H and O–H groups in total. The Morgan fingerprint density at radius 2 is 1.94 bits per heavy atom. The molecule has 0 saturated carbocycles. The van der Waals surface area contributed by atoms with Crippen molar-refractivity contribution in [3.8, 4) is 0 Å². The molecule has 88 valence electrons. The van der Waals surface area contributed by atoms with Crippen LogP contribution in [0.4, 0.5) is 8.78 Å². The molecule has 0 saturated heterocycles. The molecule has 0 aliphatic carbocycles. The molecule has 1 aromatic carbocycles. The molecule has 0 heterocycles. The van der Waals surface area contributed by atoms with Crippen LogP contribution in [0.3, 0.4) is 0 Å². The number of halogens is 4. The van der Waals surface area contributed by atoms with Gasteiger partial charge in [-0.3, -0.25) is 4.79 Å². The first-order chi connectivity index (χ1) is 7.41. The second kappa shape index (κ2) is 5.46. The standard InChI is InChI=1S/C10H8Cl2F2O2/c11-7-2-1-5(3-8(7)12)6(10(13)14)4-9(15)16/h1-3,6,10H,4H2,(H,15,16). The van der Waals surface area contributed by atoms with E-state index in [4.69, 9.17) is 28.3 Å². The second-order valence-electron chi connectivity index (χ2n) is 3.21. The van der Waals surface area contributed by atoms with Gasteiger partial charge in [-0.1, -0.05) is 29.3 Å². The Hall–Kier alpha value is -0.870. The lowest BCUT2D eigenvalue weighted by molar-refractivity contribution is -0.138. The van der Waals surface area contributed by atoms with Crippen LogP contribution in [-0.2, 0) is 4.79 Å². The number of alkyl halides is 2. The Balaban J connectivity index is 3.01. The average Bonchev–Trinajstić information content (AvgIpc) is 2.18. The van der Waals surface area contributed by atoms with Crippen molar-refractivity contribution in [3.63, 3.8) is 0 Å². The molecule has 0 aromatic heterocycles. The quantitative estimate of drug-likeness (QED) is 0.902. The Morgan fingerprint density at radius 3 is 2.38 bits per heavy atom. The van der Waals surface area contributed by atoms with Crippen LogP contribution in [0, 0.1) is 0 Å². The van der Waals surface area contributed by atoms with Crippen molar-refractivity contribution < 1.29 is 18.7 Å². The molecule has 16 heavy (non-hydrogen) atoms. The maximum absolute atomic E-state index is 12.6. The third kappa shape index (κ3) is 3.32. The summed E-state index contributed by atoms with van der Waals surface area (Å²) in [6, 6.07) is 3.99. The predicted octanol–water partition coefficient (Wildman–Crippen LogP) is 3.82. The molecule has 0 bridgehead atoms. The van der Waals surface area contributed by atoms with Gasteiger partial charge in [-0.25, -0.2) is 8.78 Å². The number of benzene rings is 1. The normalized spacial score (nSPS) is 12.8. The van der Waals surface area contributed by atoms with E-state index in [2.05, 4.69) is 0 Å². The van der Waals surface area contributed by atoms with Crippen LogP contribution in [0.15, 0.2) is 18.2 Å². The van der Waals surface area contributed by atoms with E-state index in [1.165, 1.54) is 18.2 Å². The van der Waals surface area contributed by atoms with E-state index in [0.29, 0.717) is 0 Å². The van der Waals surface area contributed by atoms with Gasteiger partial charge in [0.25, 0.3) is 0 Å². The van der Waals surface area contributed by atoms with E-state index in [1.54, 1.807) is 0 Å². The highest BCUT2D eigenvalue weighted by atomic mass is 35.5. The number of carbonyl (C=O) groups is 1. The first kappa shape index (κ1) is 13.2. The summed E-state index contributed by atoms with van der Waals surface area (Å²) in [6.07, 6.45) is -3.40. The number of carboxylic acids is 1. The van der Waals surface area contributed by atoms with Gasteiger partial charge in [0.15, 0.2) is 0 Å². The first-order valence-electron chi connectivity index (χ1n) is 4.36. The topological polar surface area (TPSA) is 37.3 Å². The molecule has 1 rings (SSSR count). The Bertz CT molecular complexity index is 396. The highest BCUT2D eigenvalue weighted by Crippen LogP contribution is 2.31. The van der Waals surface area contributed by atoms with E-state index in [0.717, 1.165) is 0 Å². The van der Waals surface area contributed by atoms with Gasteiger partial charge in [-0.15, -0.1) is 0 Å². The van der Waals surface area contributed by atoms with Gasteiger partial charge in [-0.05, 0) is 17.7 Å². The van der Waals surface area contributed by atoms with Crippen molar-refractivity contribution in [2.24, 2.45) is 0 Å². The van der Waals surface area contributed by atoms with Gasteiger partial charge in [0, 0.05) is 0 Å². The molecule has 0 fully saturated rings. The van der Waals surface area contributed by atoms with E-state index in [9.17, 15) is 13.6 Å². The molecule has 1 aromatic rings. The highest BCUT2D eigenvalue weighted by molar-refractivity contribution is 6.42. The van der Waals surface area contributed by atoms with Gasteiger partial charge in [0.05, 0.1) is 22.4 Å². The van der Waals surface area contributed by atoms with Gasteiger partial charge in [-0.2, -0.15) is 0 Å². The minimum Gasteiger partial charge on any atom is -0.481 e. The minimum atomic E-state index is -2.76. The summed E-state index contributed by atoms with van der Waals surface area (Å²) < 4.78 is 25.3. The zero-order valence-electron chi connectivity index (χ0n) is 7.96. The van der Waals surface area contributed by atoms with Crippen LogP contribution < -0.4 is 0 Å². The summed E-state index contributed by atoms with van der Waals surface area (Å²) in [7, 11) is 0. The maximum atomic E-state index is 12.6. The number of carboxylic acid groups (broad SMARTS) is 1. The van der Waals surface area contributed by atoms with Gasteiger partial charge < -0.3 is 5.11 Å². The molecule has 2 nitrogen and oxygen atoms in total. The monoisotopic (exact) mass is 268 g/mol. The number of hydrogen-bond donors (Lipinski definition) is 1. The summed E-state index contributed by atoms with van der Waals surface area (Å²) in [5, 5.41) is 8.90. The van der Waals surface area contributed by atoms with Crippen LogP contribution in [0.1, 0.15) is 17.9 Å². The van der Waals surface area contributed by atoms with Crippen LogP contribution in [0.2, 0.25) is 10.0 Å². The second-order valence-corrected chi connectivity index (χ2v) is 4.03. The molecule has 0 spiro atoms. The third-order valence-electron chi connectivity index (χ3n) is 2.07. The maximum Gasteiger partial charge on any atom is 0.304 e. The van der Waals surface area contributed by atoms with E-state index < -0.39 is 24.7 Å². The summed E-state index contributed by atoms with van der Waals surface area (Å²) in [6.45, 7) is 0. The molecular formula is C10H8Cl2F2O2. The van der Waals surface area contributed by atoms with E-state index in [1.807, 2.05) is 0 Å². The Morgan fingerprint density at radius 1 is 1.31 bits per heavy atom. The van der Waals surface area contributed by atoms with Crippen molar-refractivity contribution in [1.29, 1.82) is 0 Å². The van der Waals surface area contributed by atoms with Crippen molar-refractivity contribution in [3.05, 3.63) is 33.8 Å². The fraction of sp³-hybridized carbons (Fsp3) is 0.300. The Kier molecular flexibility index (Phi) is 4.50. The molecule has 0 radical (unpaired) electrons. The summed E-state index contributed by atoms with van der Waals surface area (Å²) in [5.74, 6) is -2.65. The molecule has 0 amide bonds. The van der Waals surface area contributed by atoms with E-state index >= 15 is 0 Å². The molecule has 0 aliphatic heterocycles. The highest BCUT2D eigenvalue weighted by Gasteiger charge is 2.25. The van der Waals surface area contributed by atoms with Gasteiger partial charge in [0.2, 0.25) is 6.43 Å². The predicted molar refractivity (Wildman–Crippen MR) is 57.5 cm³/mol. The zero-order valence-corrected chi connectivity index (χ0v) is 9.47. The van der Waals surface area contributed by atoms with Crippen molar-refractivity contribution in [2.75, 3.05) is 0 Å². The van der Waals surface area contributed by atoms with Crippen molar-refractivity contribution in [2.45, 2.75) is 18.8 Å². The lowest BCUT2D eigenvalue weighted by Crippen LogP contribution is -2.14. The van der Waals surface area contributed by atoms with E-state index in [-0.39, 0.29) is 15.6 Å². The van der Waals surface area contributed by atoms with Crippen molar-refractivity contribution in [1.82, 2.24) is 0 Å². The third-order valence-corrected chi connectivity index (χ3v) is 2.81. The number of hydrogen-bond acceptors (Lipinski definition) is 1. The Labute approximate surface area is 101 Å². The van der Waals surface area contributed by atoms with Gasteiger partial charge in [0.1, 0.15) is 0 Å². The van der Waals surface area contributed by atoms with Crippen LogP contribution >= 0.6 is 23.2 Å². The molecule has 1 atom stereocenters.